The van der Waals surface area contributed by atoms with Crippen molar-refractivity contribution < 1.29 is 19.5 Å². The van der Waals surface area contributed by atoms with Gasteiger partial charge in [0.05, 0.1) is 17.6 Å². The smallest absolute Gasteiger partial charge is 0.245 e. The van der Waals surface area contributed by atoms with Crippen LogP contribution in [-0.2, 0) is 14.4 Å². The summed E-state index contributed by atoms with van der Waals surface area (Å²) in [6.07, 6.45) is 3.72. The standard InChI is InChI=1S/C18H34N4O4/c1-3-14(24)13(7-10-19)21-16(25)15(12(2)23)22-17(26)18(11-20)8-5-4-6-9-18/h12-13,15,23H,3-11,19-20H2,1-2H3,(H,21,25)(H,22,26)/t12?,13-,15-/m0/s1. The molecule has 8 nitrogen and oxygen atoms in total. The third-order valence-electron chi connectivity index (χ3n) is 5.24. The van der Waals surface area contributed by atoms with E-state index >= 15 is 0 Å². The molecule has 8 heteroatoms. The Hall–Kier alpha value is -1.51. The van der Waals surface area contributed by atoms with Gasteiger partial charge in [-0.1, -0.05) is 26.2 Å². The van der Waals surface area contributed by atoms with Crippen LogP contribution in [0.4, 0.5) is 0 Å². The Kier molecular flexibility index (Phi) is 9.18. The van der Waals surface area contributed by atoms with Gasteiger partial charge in [-0.15, -0.1) is 0 Å². The van der Waals surface area contributed by atoms with Gasteiger partial charge in [0, 0.05) is 13.0 Å². The van der Waals surface area contributed by atoms with Crippen LogP contribution in [0.2, 0.25) is 0 Å². The molecule has 0 radical (unpaired) electrons. The summed E-state index contributed by atoms with van der Waals surface area (Å²) in [5, 5.41) is 15.3. The quantitative estimate of drug-likeness (QED) is 0.353. The highest BCUT2D eigenvalue weighted by Gasteiger charge is 2.40. The molecule has 0 spiro atoms. The van der Waals surface area contributed by atoms with Gasteiger partial charge in [0.1, 0.15) is 6.04 Å². The highest BCUT2D eigenvalue weighted by Crippen LogP contribution is 2.35. The van der Waals surface area contributed by atoms with E-state index in [0.29, 0.717) is 19.3 Å². The maximum atomic E-state index is 12.8. The number of aliphatic hydroxyl groups is 1. The van der Waals surface area contributed by atoms with Gasteiger partial charge >= 0.3 is 0 Å². The van der Waals surface area contributed by atoms with Crippen molar-refractivity contribution in [2.24, 2.45) is 16.9 Å². The van der Waals surface area contributed by atoms with Crippen LogP contribution in [0.1, 0.15) is 58.8 Å². The number of carbonyl (C=O) groups is 3. The molecular weight excluding hydrogens is 336 g/mol. The van der Waals surface area contributed by atoms with Crippen molar-refractivity contribution in [1.29, 1.82) is 0 Å². The van der Waals surface area contributed by atoms with E-state index in [1.807, 2.05) is 0 Å². The minimum Gasteiger partial charge on any atom is -0.391 e. The van der Waals surface area contributed by atoms with Gasteiger partial charge in [0.2, 0.25) is 11.8 Å². The number of hydrogen-bond donors (Lipinski definition) is 5. The molecule has 0 aromatic carbocycles. The summed E-state index contributed by atoms with van der Waals surface area (Å²) in [5.41, 5.74) is 10.7. The molecule has 1 saturated carbocycles. The second-order valence-corrected chi connectivity index (χ2v) is 7.20. The molecule has 0 aromatic rings. The van der Waals surface area contributed by atoms with E-state index in [9.17, 15) is 19.5 Å². The summed E-state index contributed by atoms with van der Waals surface area (Å²) in [6, 6.07) is -1.86. The van der Waals surface area contributed by atoms with E-state index in [4.69, 9.17) is 11.5 Å². The Morgan fingerprint density at radius 3 is 2.19 bits per heavy atom. The van der Waals surface area contributed by atoms with Crippen molar-refractivity contribution in [2.45, 2.75) is 77.0 Å². The van der Waals surface area contributed by atoms with Crippen LogP contribution in [0.5, 0.6) is 0 Å². The zero-order valence-corrected chi connectivity index (χ0v) is 15.9. The molecule has 1 aliphatic carbocycles. The molecule has 0 heterocycles. The number of nitrogens with two attached hydrogens (primary N) is 2. The number of nitrogens with one attached hydrogen (secondary N) is 2. The Morgan fingerprint density at radius 2 is 1.73 bits per heavy atom. The molecule has 1 aliphatic rings. The van der Waals surface area contributed by atoms with E-state index in [2.05, 4.69) is 10.6 Å². The molecule has 26 heavy (non-hydrogen) atoms. The van der Waals surface area contributed by atoms with E-state index in [-0.39, 0.29) is 31.2 Å². The molecule has 1 rings (SSSR count). The van der Waals surface area contributed by atoms with Gasteiger partial charge in [-0.3, -0.25) is 14.4 Å². The van der Waals surface area contributed by atoms with Gasteiger partial charge in [-0.05, 0) is 32.7 Å². The Labute approximate surface area is 155 Å². The monoisotopic (exact) mass is 370 g/mol. The number of rotatable bonds is 10. The Bertz CT molecular complexity index is 490. The first-order valence-corrected chi connectivity index (χ1v) is 9.53. The first kappa shape index (κ1) is 22.5. The highest BCUT2D eigenvalue weighted by molar-refractivity contribution is 5.94. The molecule has 0 aliphatic heterocycles. The summed E-state index contributed by atoms with van der Waals surface area (Å²) in [6.45, 7) is 3.59. The number of Topliss-reactive ketones (excluding diaryl/α,β-unsaturated/α-hetero) is 1. The second-order valence-electron chi connectivity index (χ2n) is 7.20. The predicted octanol–water partition coefficient (Wildman–Crippen LogP) is -0.426. The third kappa shape index (κ3) is 5.75. The molecule has 150 valence electrons. The van der Waals surface area contributed by atoms with E-state index in [1.165, 1.54) is 6.92 Å². The van der Waals surface area contributed by atoms with Crippen LogP contribution >= 0.6 is 0 Å². The molecule has 1 unspecified atom stereocenters. The lowest BCUT2D eigenvalue weighted by atomic mass is 9.73. The molecule has 1 fully saturated rings. The number of carbonyl (C=O) groups excluding carboxylic acids is 3. The lowest BCUT2D eigenvalue weighted by Crippen LogP contribution is -2.59. The molecule has 0 saturated heterocycles. The Balaban J connectivity index is 2.85. The Morgan fingerprint density at radius 1 is 1.12 bits per heavy atom. The fourth-order valence-corrected chi connectivity index (χ4v) is 3.44. The summed E-state index contributed by atoms with van der Waals surface area (Å²) < 4.78 is 0. The zero-order valence-electron chi connectivity index (χ0n) is 15.9. The van der Waals surface area contributed by atoms with Crippen molar-refractivity contribution in [3.05, 3.63) is 0 Å². The molecule has 0 bridgehead atoms. The van der Waals surface area contributed by atoms with E-state index < -0.39 is 29.5 Å². The van der Waals surface area contributed by atoms with Crippen LogP contribution in [-0.4, -0.2) is 54.0 Å². The summed E-state index contributed by atoms with van der Waals surface area (Å²) in [7, 11) is 0. The van der Waals surface area contributed by atoms with E-state index in [1.54, 1.807) is 6.92 Å². The molecule has 7 N–H and O–H groups in total. The lowest BCUT2D eigenvalue weighted by Gasteiger charge is -2.36. The maximum absolute atomic E-state index is 12.8. The molecular formula is C18H34N4O4. The number of hydrogen-bond acceptors (Lipinski definition) is 6. The van der Waals surface area contributed by atoms with Crippen LogP contribution in [0.15, 0.2) is 0 Å². The fraction of sp³-hybridized carbons (Fsp3) is 0.833. The second kappa shape index (κ2) is 10.6. The van der Waals surface area contributed by atoms with Gasteiger partial charge in [-0.25, -0.2) is 0 Å². The van der Waals surface area contributed by atoms with Crippen LogP contribution in [0.25, 0.3) is 0 Å². The van der Waals surface area contributed by atoms with Gasteiger partial charge in [-0.2, -0.15) is 0 Å². The summed E-state index contributed by atoms with van der Waals surface area (Å²) in [5.74, 6) is -1.03. The van der Waals surface area contributed by atoms with Crippen LogP contribution in [0.3, 0.4) is 0 Å². The number of amides is 2. The first-order chi connectivity index (χ1) is 12.3. The van der Waals surface area contributed by atoms with Crippen molar-refractivity contribution in [2.75, 3.05) is 13.1 Å². The summed E-state index contributed by atoms with van der Waals surface area (Å²) >= 11 is 0. The van der Waals surface area contributed by atoms with Gasteiger partial charge in [0.15, 0.2) is 5.78 Å². The van der Waals surface area contributed by atoms with E-state index in [0.717, 1.165) is 19.3 Å². The van der Waals surface area contributed by atoms with Crippen molar-refractivity contribution in [1.82, 2.24) is 10.6 Å². The maximum Gasteiger partial charge on any atom is 0.245 e. The van der Waals surface area contributed by atoms with Crippen molar-refractivity contribution >= 4 is 17.6 Å². The largest absolute Gasteiger partial charge is 0.391 e. The minimum absolute atomic E-state index is 0.134. The normalized spacial score (nSPS) is 19.9. The summed E-state index contributed by atoms with van der Waals surface area (Å²) in [4.78, 5) is 37.4. The predicted molar refractivity (Wildman–Crippen MR) is 99.1 cm³/mol. The fourth-order valence-electron chi connectivity index (χ4n) is 3.44. The van der Waals surface area contributed by atoms with Gasteiger partial charge < -0.3 is 27.2 Å². The van der Waals surface area contributed by atoms with Gasteiger partial charge in [0.25, 0.3) is 0 Å². The average molecular weight is 370 g/mol. The average Bonchev–Trinajstić information content (AvgIpc) is 2.64. The lowest BCUT2D eigenvalue weighted by molar-refractivity contribution is -0.139. The van der Waals surface area contributed by atoms with Crippen molar-refractivity contribution in [3.63, 3.8) is 0 Å². The van der Waals surface area contributed by atoms with Crippen molar-refractivity contribution in [3.8, 4) is 0 Å². The third-order valence-corrected chi connectivity index (χ3v) is 5.24. The first-order valence-electron chi connectivity index (χ1n) is 9.53. The molecule has 3 atom stereocenters. The van der Waals surface area contributed by atoms with Crippen LogP contribution < -0.4 is 22.1 Å². The molecule has 2 amide bonds. The van der Waals surface area contributed by atoms with Crippen LogP contribution in [0, 0.1) is 5.41 Å². The molecule has 0 aromatic heterocycles. The number of aliphatic hydroxyl groups excluding tert-OH is 1. The highest BCUT2D eigenvalue weighted by atomic mass is 16.3. The topological polar surface area (TPSA) is 148 Å². The minimum atomic E-state index is -1.14. The zero-order chi connectivity index (χ0) is 19.7. The SMILES string of the molecule is CCC(=O)[C@H](CCN)NC(=O)[C@@H](NC(=O)C1(CN)CCCCC1)C(C)O. The number of ketones is 1.